The van der Waals surface area contributed by atoms with Gasteiger partial charge in [0.2, 0.25) is 0 Å². The number of ether oxygens (including phenoxy) is 1. The highest BCUT2D eigenvalue weighted by Gasteiger charge is 2.20. The van der Waals surface area contributed by atoms with Crippen molar-refractivity contribution in [1.29, 1.82) is 0 Å². The lowest BCUT2D eigenvalue weighted by Gasteiger charge is -2.18. The molecule has 0 unspecified atom stereocenters. The Bertz CT molecular complexity index is 516. The van der Waals surface area contributed by atoms with E-state index in [9.17, 15) is 0 Å². The van der Waals surface area contributed by atoms with Gasteiger partial charge in [-0.2, -0.15) is 5.10 Å². The first-order valence-electron chi connectivity index (χ1n) is 6.00. The first-order chi connectivity index (χ1) is 8.38. The lowest BCUT2D eigenvalue weighted by molar-refractivity contribution is 0.0836. The van der Waals surface area contributed by atoms with E-state index in [1.165, 1.54) is 0 Å². The van der Waals surface area contributed by atoms with Gasteiger partial charge >= 0.3 is 0 Å². The van der Waals surface area contributed by atoms with Crippen molar-refractivity contribution in [3.05, 3.63) is 29.7 Å². The molecule has 1 aliphatic heterocycles. The molecule has 0 saturated carbocycles. The summed E-state index contributed by atoms with van der Waals surface area (Å²) in [6.45, 7) is 2.12. The van der Waals surface area contributed by atoms with Crippen molar-refractivity contribution in [2.24, 2.45) is 5.73 Å². The summed E-state index contributed by atoms with van der Waals surface area (Å²) in [6, 6.07) is 3.95. The number of nitrogens with zero attached hydrogens (tertiary/aromatic N) is 3. The number of hydrogen-bond donors (Lipinski definition) is 1. The molecule has 3 rings (SSSR count). The summed E-state index contributed by atoms with van der Waals surface area (Å²) >= 11 is 0. The molecule has 2 N–H and O–H groups in total. The highest BCUT2D eigenvalue weighted by Crippen LogP contribution is 2.24. The van der Waals surface area contributed by atoms with Crippen LogP contribution in [0.4, 0.5) is 0 Å². The van der Waals surface area contributed by atoms with E-state index in [0.717, 1.165) is 43.1 Å². The van der Waals surface area contributed by atoms with Crippen LogP contribution in [0.15, 0.2) is 18.3 Å². The minimum absolute atomic E-state index is 0.425. The van der Waals surface area contributed by atoms with Crippen molar-refractivity contribution in [1.82, 2.24) is 14.6 Å². The van der Waals surface area contributed by atoms with Gasteiger partial charge in [0.05, 0.1) is 0 Å². The van der Waals surface area contributed by atoms with E-state index in [1.807, 2.05) is 22.8 Å². The van der Waals surface area contributed by atoms with Gasteiger partial charge < -0.3 is 10.5 Å². The molecule has 0 bridgehead atoms. The smallest absolute Gasteiger partial charge is 0.160 e. The zero-order valence-corrected chi connectivity index (χ0v) is 9.67. The van der Waals surface area contributed by atoms with Gasteiger partial charge in [-0.05, 0) is 18.9 Å². The van der Waals surface area contributed by atoms with E-state index in [4.69, 9.17) is 10.5 Å². The summed E-state index contributed by atoms with van der Waals surface area (Å²) in [6.07, 6.45) is 3.94. The van der Waals surface area contributed by atoms with Crippen LogP contribution in [-0.2, 0) is 11.3 Å². The average Bonchev–Trinajstić information content (AvgIpc) is 2.83. The molecule has 0 atom stereocenters. The van der Waals surface area contributed by atoms with Crippen LogP contribution in [0, 0.1) is 0 Å². The third-order valence-corrected chi connectivity index (χ3v) is 3.27. The van der Waals surface area contributed by atoms with Gasteiger partial charge in [0.15, 0.2) is 11.5 Å². The molecule has 0 amide bonds. The molecular weight excluding hydrogens is 216 g/mol. The van der Waals surface area contributed by atoms with Gasteiger partial charge in [0.25, 0.3) is 0 Å². The first-order valence-corrected chi connectivity index (χ1v) is 6.00. The maximum Gasteiger partial charge on any atom is 0.160 e. The maximum absolute atomic E-state index is 5.70. The molecule has 17 heavy (non-hydrogen) atoms. The van der Waals surface area contributed by atoms with Crippen LogP contribution in [0.5, 0.6) is 0 Å². The first kappa shape index (κ1) is 10.7. The lowest BCUT2D eigenvalue weighted by atomic mass is 10.00. The van der Waals surface area contributed by atoms with Crippen LogP contribution >= 0.6 is 0 Å². The van der Waals surface area contributed by atoms with Gasteiger partial charge in [0.1, 0.15) is 0 Å². The molecule has 5 heteroatoms. The highest BCUT2D eigenvalue weighted by molar-refractivity contribution is 5.47. The Hall–Kier alpha value is -1.46. The van der Waals surface area contributed by atoms with Gasteiger partial charge in [0, 0.05) is 37.4 Å². The van der Waals surface area contributed by atoms with Crippen LogP contribution in [0.25, 0.3) is 5.65 Å². The lowest BCUT2D eigenvalue weighted by Crippen LogP contribution is -2.15. The molecule has 1 saturated heterocycles. The Balaban J connectivity index is 2.00. The minimum atomic E-state index is 0.425. The monoisotopic (exact) mass is 232 g/mol. The van der Waals surface area contributed by atoms with Crippen molar-refractivity contribution < 1.29 is 4.74 Å². The molecule has 0 aromatic carbocycles. The summed E-state index contributed by atoms with van der Waals surface area (Å²) in [5.41, 5.74) is 7.63. The van der Waals surface area contributed by atoms with E-state index >= 15 is 0 Å². The molecule has 2 aromatic heterocycles. The van der Waals surface area contributed by atoms with Gasteiger partial charge in [-0.25, -0.2) is 9.50 Å². The highest BCUT2D eigenvalue weighted by atomic mass is 16.5. The Kier molecular flexibility index (Phi) is 2.78. The van der Waals surface area contributed by atoms with Crippen molar-refractivity contribution in [3.63, 3.8) is 0 Å². The Labute approximate surface area is 99.6 Å². The van der Waals surface area contributed by atoms with Gasteiger partial charge in [-0.3, -0.25) is 0 Å². The second-order valence-corrected chi connectivity index (χ2v) is 4.36. The number of hydrogen-bond acceptors (Lipinski definition) is 4. The van der Waals surface area contributed by atoms with E-state index in [-0.39, 0.29) is 0 Å². The van der Waals surface area contributed by atoms with Crippen LogP contribution in [0.3, 0.4) is 0 Å². The Morgan fingerprint density at radius 1 is 1.41 bits per heavy atom. The zero-order valence-electron chi connectivity index (χ0n) is 9.67. The van der Waals surface area contributed by atoms with Crippen LogP contribution in [-0.4, -0.2) is 27.8 Å². The van der Waals surface area contributed by atoms with Crippen molar-refractivity contribution >= 4 is 5.65 Å². The molecular formula is C12H16N4O. The van der Waals surface area contributed by atoms with E-state index in [2.05, 4.69) is 10.1 Å². The predicted molar refractivity (Wildman–Crippen MR) is 63.7 cm³/mol. The largest absolute Gasteiger partial charge is 0.381 e. The summed E-state index contributed by atoms with van der Waals surface area (Å²) < 4.78 is 7.18. The predicted octanol–water partition coefficient (Wildman–Crippen LogP) is 1.08. The standard InChI is InChI=1S/C12H16N4O/c13-8-10-2-1-5-16-12(10)14-11(15-16)9-3-6-17-7-4-9/h1-2,5,9H,3-4,6-8,13H2. The molecule has 1 aliphatic rings. The fourth-order valence-corrected chi connectivity index (χ4v) is 2.27. The van der Waals surface area contributed by atoms with Crippen LogP contribution < -0.4 is 5.73 Å². The normalized spacial score (nSPS) is 17.7. The SMILES string of the molecule is NCc1cccn2nc(C3CCOCC3)nc12. The minimum Gasteiger partial charge on any atom is -0.381 e. The summed E-state index contributed by atoms with van der Waals surface area (Å²) in [7, 11) is 0. The van der Waals surface area contributed by atoms with Crippen LogP contribution in [0.1, 0.15) is 30.1 Å². The number of rotatable bonds is 2. The Morgan fingerprint density at radius 3 is 3.00 bits per heavy atom. The quantitative estimate of drug-likeness (QED) is 0.841. The molecule has 0 radical (unpaired) electrons. The zero-order chi connectivity index (χ0) is 11.7. The number of pyridine rings is 1. The van der Waals surface area contributed by atoms with Crippen molar-refractivity contribution in [2.75, 3.05) is 13.2 Å². The van der Waals surface area contributed by atoms with Gasteiger partial charge in [-0.15, -0.1) is 0 Å². The topological polar surface area (TPSA) is 65.4 Å². The second-order valence-electron chi connectivity index (χ2n) is 4.36. The molecule has 1 fully saturated rings. The van der Waals surface area contributed by atoms with E-state index < -0.39 is 0 Å². The molecule has 0 aliphatic carbocycles. The third-order valence-electron chi connectivity index (χ3n) is 3.27. The van der Waals surface area contributed by atoms with E-state index in [0.29, 0.717) is 12.5 Å². The number of nitrogens with two attached hydrogens (primary N) is 1. The fraction of sp³-hybridized carbons (Fsp3) is 0.500. The van der Waals surface area contributed by atoms with Gasteiger partial charge in [-0.1, -0.05) is 6.07 Å². The molecule has 5 nitrogen and oxygen atoms in total. The van der Waals surface area contributed by atoms with Crippen molar-refractivity contribution in [2.45, 2.75) is 25.3 Å². The molecule has 90 valence electrons. The number of aromatic nitrogens is 3. The maximum atomic E-state index is 5.70. The Morgan fingerprint density at radius 2 is 2.24 bits per heavy atom. The molecule has 2 aromatic rings. The summed E-state index contributed by atoms with van der Waals surface area (Å²) in [5, 5.41) is 4.54. The second kappa shape index (κ2) is 4.43. The molecule has 3 heterocycles. The third kappa shape index (κ3) is 1.92. The summed E-state index contributed by atoms with van der Waals surface area (Å²) in [4.78, 5) is 4.62. The number of fused-ring (bicyclic) bond motifs is 1. The van der Waals surface area contributed by atoms with Crippen molar-refractivity contribution in [3.8, 4) is 0 Å². The van der Waals surface area contributed by atoms with Crippen LogP contribution in [0.2, 0.25) is 0 Å². The fourth-order valence-electron chi connectivity index (χ4n) is 2.27. The molecule has 0 spiro atoms. The van der Waals surface area contributed by atoms with E-state index in [1.54, 1.807) is 0 Å². The average molecular weight is 232 g/mol. The summed E-state index contributed by atoms with van der Waals surface area (Å²) in [5.74, 6) is 1.35.